The molecule has 0 amide bonds. The summed E-state index contributed by atoms with van der Waals surface area (Å²) in [7, 11) is 0. The van der Waals surface area contributed by atoms with Gasteiger partial charge in [-0.05, 0) is 85.1 Å². The van der Waals surface area contributed by atoms with Crippen LogP contribution in [-0.4, -0.2) is 4.57 Å². The second-order valence-electron chi connectivity index (χ2n) is 11.5. The highest BCUT2D eigenvalue weighted by atomic mass is 16.3. The van der Waals surface area contributed by atoms with Gasteiger partial charge in [0.05, 0.1) is 22.3 Å². The summed E-state index contributed by atoms with van der Waals surface area (Å²) in [4.78, 5) is 0. The number of hydrogen-bond acceptors (Lipinski definition) is 3. The van der Waals surface area contributed by atoms with E-state index in [2.05, 4.69) is 109 Å². The summed E-state index contributed by atoms with van der Waals surface area (Å²) in [6.45, 7) is 4.25. The van der Waals surface area contributed by atoms with Crippen LogP contribution in [0.5, 0.6) is 0 Å². The molecule has 0 aliphatic rings. The number of furan rings is 2. The van der Waals surface area contributed by atoms with E-state index < -0.39 is 0 Å². The molecule has 0 unspecified atom stereocenters. The minimum atomic E-state index is 0.507. The number of aryl methyl sites for hydroxylation is 2. The number of nitriles is 1. The van der Waals surface area contributed by atoms with Crippen molar-refractivity contribution in [1.82, 2.24) is 4.57 Å². The van der Waals surface area contributed by atoms with Gasteiger partial charge in [0, 0.05) is 32.3 Å². The summed E-state index contributed by atoms with van der Waals surface area (Å²) in [6, 6.07) is 40.3. The van der Waals surface area contributed by atoms with Crippen LogP contribution in [-0.2, 0) is 0 Å². The van der Waals surface area contributed by atoms with Crippen molar-refractivity contribution in [3.63, 3.8) is 0 Å². The molecule has 9 aromatic rings. The van der Waals surface area contributed by atoms with E-state index in [0.29, 0.717) is 11.1 Å². The Bertz CT molecular complexity index is 2660. The quantitative estimate of drug-likeness (QED) is 0.214. The highest BCUT2D eigenvalue weighted by molar-refractivity contribution is 6.14. The molecule has 0 fully saturated rings. The average Bonchev–Trinajstić information content (AvgIpc) is 3.69. The number of para-hydroxylation sites is 2. The first-order chi connectivity index (χ1) is 21.1. The molecule has 0 saturated heterocycles. The molecular formula is C39H24N2O2. The molecule has 6 aromatic carbocycles. The van der Waals surface area contributed by atoms with Gasteiger partial charge in [-0.15, -0.1) is 0 Å². The normalized spacial score (nSPS) is 11.9. The number of rotatable bonds is 2. The molecule has 3 heterocycles. The van der Waals surface area contributed by atoms with Gasteiger partial charge in [0.2, 0.25) is 0 Å². The molecule has 202 valence electrons. The lowest BCUT2D eigenvalue weighted by molar-refractivity contribution is 0.665. The topological polar surface area (TPSA) is 55.0 Å². The molecule has 0 N–H and O–H groups in total. The minimum Gasteiger partial charge on any atom is -0.456 e. The van der Waals surface area contributed by atoms with Crippen LogP contribution in [0.1, 0.15) is 16.7 Å². The van der Waals surface area contributed by atoms with Crippen molar-refractivity contribution in [2.45, 2.75) is 13.8 Å². The number of benzene rings is 6. The largest absolute Gasteiger partial charge is 0.456 e. The Labute approximate surface area is 246 Å². The van der Waals surface area contributed by atoms with Crippen molar-refractivity contribution in [2.24, 2.45) is 0 Å². The van der Waals surface area contributed by atoms with Gasteiger partial charge in [0.25, 0.3) is 0 Å². The number of nitrogens with zero attached hydrogens (tertiary/aromatic N) is 2. The monoisotopic (exact) mass is 552 g/mol. The third-order valence-corrected chi connectivity index (χ3v) is 8.73. The minimum absolute atomic E-state index is 0.507. The first kappa shape index (κ1) is 23.9. The lowest BCUT2D eigenvalue weighted by atomic mass is 9.98. The van der Waals surface area contributed by atoms with Crippen molar-refractivity contribution in [3.05, 3.63) is 126 Å². The van der Waals surface area contributed by atoms with Gasteiger partial charge in [-0.1, -0.05) is 60.2 Å². The fourth-order valence-electron chi connectivity index (χ4n) is 6.72. The molecule has 0 saturated carbocycles. The SMILES string of the molecule is Cc1ccc2c(c1)c1ccc(C)cc1n2-c1cccc2c1oc1c(C#N)cc(-c3ccc4c(c3)oc3ccccc34)cc12. The van der Waals surface area contributed by atoms with Crippen molar-refractivity contribution in [3.8, 4) is 22.9 Å². The van der Waals surface area contributed by atoms with E-state index in [1.807, 2.05) is 24.3 Å². The van der Waals surface area contributed by atoms with E-state index in [0.717, 1.165) is 66.1 Å². The molecule has 0 atom stereocenters. The summed E-state index contributed by atoms with van der Waals surface area (Å²) in [5.41, 5.74) is 11.1. The van der Waals surface area contributed by atoms with Gasteiger partial charge in [-0.2, -0.15) is 5.26 Å². The van der Waals surface area contributed by atoms with Crippen LogP contribution in [0.25, 0.3) is 82.5 Å². The predicted octanol–water partition coefficient (Wildman–Crippen LogP) is 10.7. The van der Waals surface area contributed by atoms with E-state index in [1.165, 1.54) is 21.9 Å². The highest BCUT2D eigenvalue weighted by Crippen LogP contribution is 2.41. The summed E-state index contributed by atoms with van der Waals surface area (Å²) < 4.78 is 15.1. The van der Waals surface area contributed by atoms with Crippen molar-refractivity contribution >= 4 is 65.7 Å². The number of hydrogen-bond donors (Lipinski definition) is 0. The Kier molecular flexibility index (Phi) is 4.78. The van der Waals surface area contributed by atoms with Gasteiger partial charge < -0.3 is 13.4 Å². The van der Waals surface area contributed by atoms with Crippen molar-refractivity contribution in [2.75, 3.05) is 0 Å². The Balaban J connectivity index is 1.31. The predicted molar refractivity (Wildman–Crippen MR) is 175 cm³/mol. The van der Waals surface area contributed by atoms with Gasteiger partial charge in [0.15, 0.2) is 11.2 Å². The zero-order chi connectivity index (χ0) is 28.8. The smallest absolute Gasteiger partial charge is 0.159 e. The fourth-order valence-corrected chi connectivity index (χ4v) is 6.72. The molecule has 0 spiro atoms. The molecule has 0 aliphatic heterocycles. The second kappa shape index (κ2) is 8.61. The first-order valence-corrected chi connectivity index (χ1v) is 14.4. The van der Waals surface area contributed by atoms with Crippen molar-refractivity contribution in [1.29, 1.82) is 5.26 Å². The van der Waals surface area contributed by atoms with Gasteiger partial charge in [0.1, 0.15) is 17.2 Å². The van der Waals surface area contributed by atoms with Gasteiger partial charge >= 0.3 is 0 Å². The van der Waals surface area contributed by atoms with E-state index in [9.17, 15) is 5.26 Å². The molecular weight excluding hydrogens is 528 g/mol. The first-order valence-electron chi connectivity index (χ1n) is 14.4. The van der Waals surface area contributed by atoms with Crippen LogP contribution < -0.4 is 0 Å². The van der Waals surface area contributed by atoms with Crippen LogP contribution in [0.4, 0.5) is 0 Å². The third-order valence-electron chi connectivity index (χ3n) is 8.73. The maximum atomic E-state index is 10.3. The van der Waals surface area contributed by atoms with Crippen LogP contribution in [0, 0.1) is 25.2 Å². The average molecular weight is 553 g/mol. The lowest BCUT2D eigenvalue weighted by Crippen LogP contribution is -1.94. The van der Waals surface area contributed by atoms with Crippen LogP contribution in [0.3, 0.4) is 0 Å². The zero-order valence-electron chi connectivity index (χ0n) is 23.6. The highest BCUT2D eigenvalue weighted by Gasteiger charge is 2.20. The summed E-state index contributed by atoms with van der Waals surface area (Å²) in [5.74, 6) is 0. The summed E-state index contributed by atoms with van der Waals surface area (Å²) >= 11 is 0. The molecule has 0 aliphatic carbocycles. The van der Waals surface area contributed by atoms with E-state index in [1.54, 1.807) is 0 Å². The van der Waals surface area contributed by atoms with Crippen molar-refractivity contribution < 1.29 is 8.83 Å². The molecule has 4 nitrogen and oxygen atoms in total. The molecule has 9 rings (SSSR count). The van der Waals surface area contributed by atoms with E-state index >= 15 is 0 Å². The summed E-state index contributed by atoms with van der Waals surface area (Å²) in [5, 5.41) is 16.8. The maximum absolute atomic E-state index is 10.3. The third kappa shape index (κ3) is 3.37. The standard InChI is InChI=1S/C39H24N2O2/c1-22-11-15-33-31(16-22)27-13-10-23(2)17-35(27)41(33)34-8-5-7-30-32-19-25(18-26(21-40)38(32)43-39(30)34)24-12-14-29-28-6-3-4-9-36(28)42-37(29)20-24/h3-20H,1-2H3. The molecule has 0 bridgehead atoms. The van der Waals surface area contributed by atoms with E-state index in [4.69, 9.17) is 8.83 Å². The Hall–Kier alpha value is -5.79. The number of aromatic nitrogens is 1. The fraction of sp³-hybridized carbons (Fsp3) is 0.0513. The van der Waals surface area contributed by atoms with Gasteiger partial charge in [-0.25, -0.2) is 0 Å². The zero-order valence-corrected chi connectivity index (χ0v) is 23.6. The Morgan fingerprint density at radius 3 is 2.23 bits per heavy atom. The lowest BCUT2D eigenvalue weighted by Gasteiger charge is -2.09. The van der Waals surface area contributed by atoms with Crippen LogP contribution in [0.2, 0.25) is 0 Å². The Morgan fingerprint density at radius 1 is 0.535 bits per heavy atom. The van der Waals surface area contributed by atoms with Crippen LogP contribution >= 0.6 is 0 Å². The molecule has 4 heteroatoms. The van der Waals surface area contributed by atoms with Crippen LogP contribution in [0.15, 0.2) is 118 Å². The second-order valence-corrected chi connectivity index (χ2v) is 11.5. The van der Waals surface area contributed by atoms with E-state index in [-0.39, 0.29) is 0 Å². The number of fused-ring (bicyclic) bond motifs is 9. The van der Waals surface area contributed by atoms with Gasteiger partial charge in [-0.3, -0.25) is 0 Å². The Morgan fingerprint density at radius 2 is 1.33 bits per heavy atom. The maximum Gasteiger partial charge on any atom is 0.159 e. The molecule has 0 radical (unpaired) electrons. The molecule has 3 aromatic heterocycles. The summed E-state index contributed by atoms with van der Waals surface area (Å²) in [6.07, 6.45) is 0. The molecule has 43 heavy (non-hydrogen) atoms.